The normalized spacial score (nSPS) is 16.1. The maximum atomic E-state index is 13.3. The van der Waals surface area contributed by atoms with Crippen molar-refractivity contribution in [2.45, 2.75) is 26.5 Å². The van der Waals surface area contributed by atoms with Gasteiger partial charge in [0.2, 0.25) is 15.9 Å². The SMILES string of the molecule is CCN1C(=O)C(C)(C)COc2ccc(NS(=O)(=O)Cc3cccc(F)c3)cc21. The summed E-state index contributed by atoms with van der Waals surface area (Å²) in [5.41, 5.74) is 0.484. The van der Waals surface area contributed by atoms with E-state index in [4.69, 9.17) is 4.74 Å². The van der Waals surface area contributed by atoms with Crippen LogP contribution in [-0.2, 0) is 20.6 Å². The van der Waals surface area contributed by atoms with Crippen molar-refractivity contribution in [3.8, 4) is 5.75 Å². The van der Waals surface area contributed by atoms with Gasteiger partial charge in [0.1, 0.15) is 18.2 Å². The van der Waals surface area contributed by atoms with Gasteiger partial charge in [0, 0.05) is 6.54 Å². The van der Waals surface area contributed by atoms with Gasteiger partial charge in [-0.05, 0) is 56.7 Å². The lowest BCUT2D eigenvalue weighted by molar-refractivity contribution is -0.127. The first-order valence-electron chi connectivity index (χ1n) is 8.95. The average Bonchev–Trinajstić information content (AvgIpc) is 2.69. The number of sulfonamides is 1. The summed E-state index contributed by atoms with van der Waals surface area (Å²) in [4.78, 5) is 14.4. The summed E-state index contributed by atoms with van der Waals surface area (Å²) in [5.74, 6) is -0.418. The molecule has 6 nitrogen and oxygen atoms in total. The molecular weight excluding hydrogens is 383 g/mol. The highest BCUT2D eigenvalue weighted by atomic mass is 32.2. The van der Waals surface area contributed by atoms with Crippen molar-refractivity contribution in [2.75, 3.05) is 22.8 Å². The zero-order valence-corrected chi connectivity index (χ0v) is 16.8. The predicted molar refractivity (Wildman–Crippen MR) is 106 cm³/mol. The van der Waals surface area contributed by atoms with E-state index >= 15 is 0 Å². The van der Waals surface area contributed by atoms with Crippen molar-refractivity contribution in [1.82, 2.24) is 0 Å². The Labute approximate surface area is 164 Å². The van der Waals surface area contributed by atoms with Gasteiger partial charge in [0.15, 0.2) is 0 Å². The van der Waals surface area contributed by atoms with Gasteiger partial charge in [0.25, 0.3) is 0 Å². The van der Waals surface area contributed by atoms with Crippen LogP contribution in [0, 0.1) is 11.2 Å². The van der Waals surface area contributed by atoms with Crippen LogP contribution in [0.4, 0.5) is 15.8 Å². The third-order valence-electron chi connectivity index (χ3n) is 4.50. The molecule has 1 heterocycles. The summed E-state index contributed by atoms with van der Waals surface area (Å²) in [6, 6.07) is 10.3. The van der Waals surface area contributed by atoms with Crippen LogP contribution in [-0.4, -0.2) is 27.5 Å². The van der Waals surface area contributed by atoms with Crippen LogP contribution in [0.3, 0.4) is 0 Å². The lowest BCUT2D eigenvalue weighted by atomic mass is 9.93. The molecule has 0 saturated heterocycles. The van der Waals surface area contributed by atoms with E-state index in [1.165, 1.54) is 18.2 Å². The Kier molecular flexibility index (Phi) is 5.34. The van der Waals surface area contributed by atoms with Crippen LogP contribution in [0.15, 0.2) is 42.5 Å². The summed E-state index contributed by atoms with van der Waals surface area (Å²) in [7, 11) is -3.76. The molecule has 3 rings (SSSR count). The lowest BCUT2D eigenvalue weighted by Gasteiger charge is -2.27. The molecule has 2 aromatic rings. The Morgan fingerprint density at radius 2 is 1.96 bits per heavy atom. The van der Waals surface area contributed by atoms with Crippen LogP contribution in [0.25, 0.3) is 0 Å². The van der Waals surface area contributed by atoms with Crippen molar-refractivity contribution >= 4 is 27.3 Å². The third kappa shape index (κ3) is 4.27. The topological polar surface area (TPSA) is 75.7 Å². The first-order valence-corrected chi connectivity index (χ1v) is 10.6. The van der Waals surface area contributed by atoms with E-state index in [0.717, 1.165) is 0 Å². The Morgan fingerprint density at radius 3 is 2.64 bits per heavy atom. The lowest BCUT2D eigenvalue weighted by Crippen LogP contribution is -2.42. The minimum Gasteiger partial charge on any atom is -0.490 e. The number of nitrogens with zero attached hydrogens (tertiary/aromatic N) is 1. The molecule has 28 heavy (non-hydrogen) atoms. The summed E-state index contributed by atoms with van der Waals surface area (Å²) < 4.78 is 46.6. The number of amides is 1. The Morgan fingerprint density at radius 1 is 1.21 bits per heavy atom. The molecule has 2 aromatic carbocycles. The molecule has 1 N–H and O–H groups in total. The van der Waals surface area contributed by atoms with Crippen molar-refractivity contribution in [3.63, 3.8) is 0 Å². The molecule has 0 unspecified atom stereocenters. The monoisotopic (exact) mass is 406 g/mol. The second-order valence-electron chi connectivity index (χ2n) is 7.40. The molecular formula is C20H23FN2O4S. The minimum absolute atomic E-state index is 0.0893. The molecule has 1 aliphatic rings. The molecule has 0 saturated carbocycles. The maximum Gasteiger partial charge on any atom is 0.236 e. The van der Waals surface area contributed by atoms with Gasteiger partial charge < -0.3 is 9.64 Å². The molecule has 0 spiro atoms. The molecule has 150 valence electrons. The van der Waals surface area contributed by atoms with Crippen LogP contribution in [0.2, 0.25) is 0 Å². The van der Waals surface area contributed by atoms with Crippen LogP contribution < -0.4 is 14.4 Å². The number of carbonyl (C=O) groups excluding carboxylic acids is 1. The van der Waals surface area contributed by atoms with Crippen molar-refractivity contribution in [3.05, 3.63) is 53.8 Å². The van der Waals surface area contributed by atoms with Gasteiger partial charge in [-0.25, -0.2) is 12.8 Å². The molecule has 1 amide bonds. The molecule has 0 bridgehead atoms. The van der Waals surface area contributed by atoms with Gasteiger partial charge in [-0.3, -0.25) is 9.52 Å². The van der Waals surface area contributed by atoms with Crippen molar-refractivity contribution in [2.24, 2.45) is 5.41 Å². The van der Waals surface area contributed by atoms with E-state index in [1.54, 1.807) is 29.2 Å². The fourth-order valence-electron chi connectivity index (χ4n) is 3.08. The van der Waals surface area contributed by atoms with Gasteiger partial charge >= 0.3 is 0 Å². The molecule has 0 aliphatic carbocycles. The molecule has 0 radical (unpaired) electrons. The van der Waals surface area contributed by atoms with Gasteiger partial charge in [-0.2, -0.15) is 0 Å². The van der Waals surface area contributed by atoms with Gasteiger partial charge in [-0.15, -0.1) is 0 Å². The highest BCUT2D eigenvalue weighted by Gasteiger charge is 2.37. The van der Waals surface area contributed by atoms with E-state index in [0.29, 0.717) is 29.2 Å². The molecule has 1 aliphatic heterocycles. The first-order chi connectivity index (χ1) is 13.1. The zero-order valence-electron chi connectivity index (χ0n) is 16.0. The largest absolute Gasteiger partial charge is 0.490 e. The van der Waals surface area contributed by atoms with E-state index in [2.05, 4.69) is 4.72 Å². The second-order valence-corrected chi connectivity index (χ2v) is 9.12. The zero-order chi connectivity index (χ0) is 20.5. The summed E-state index contributed by atoms with van der Waals surface area (Å²) in [5, 5.41) is 0. The van der Waals surface area contributed by atoms with Crippen LogP contribution in [0.5, 0.6) is 5.75 Å². The van der Waals surface area contributed by atoms with Crippen LogP contribution in [0.1, 0.15) is 26.3 Å². The van der Waals surface area contributed by atoms with Crippen molar-refractivity contribution < 1.29 is 22.3 Å². The van der Waals surface area contributed by atoms with E-state index in [1.807, 2.05) is 20.8 Å². The maximum absolute atomic E-state index is 13.3. The second kappa shape index (κ2) is 7.43. The van der Waals surface area contributed by atoms with Crippen LogP contribution >= 0.6 is 0 Å². The Bertz CT molecular complexity index is 1010. The molecule has 0 fully saturated rings. The number of ether oxygens (including phenoxy) is 1. The first kappa shape index (κ1) is 20.1. The number of carbonyl (C=O) groups is 1. The summed E-state index contributed by atoms with van der Waals surface area (Å²) in [6.07, 6.45) is 0. The number of benzene rings is 2. The number of rotatable bonds is 5. The number of hydrogen-bond donors (Lipinski definition) is 1. The smallest absolute Gasteiger partial charge is 0.236 e. The highest BCUT2D eigenvalue weighted by molar-refractivity contribution is 7.91. The fourth-order valence-corrected chi connectivity index (χ4v) is 4.26. The number of anilines is 2. The predicted octanol–water partition coefficient (Wildman–Crippen LogP) is 3.54. The van der Waals surface area contributed by atoms with Gasteiger partial charge in [0.05, 0.1) is 22.5 Å². The van der Waals surface area contributed by atoms with E-state index in [-0.39, 0.29) is 18.3 Å². The quantitative estimate of drug-likeness (QED) is 0.824. The van der Waals surface area contributed by atoms with E-state index in [9.17, 15) is 17.6 Å². The Balaban J connectivity index is 1.88. The number of halogens is 1. The standard InChI is InChI=1S/C20H23FN2O4S/c1-4-23-17-11-16(8-9-18(17)27-13-20(2,3)19(23)24)22-28(25,26)12-14-6-5-7-15(21)10-14/h5-11,22H,4,12-13H2,1-3H3. The summed E-state index contributed by atoms with van der Waals surface area (Å²) >= 11 is 0. The van der Waals surface area contributed by atoms with Gasteiger partial charge in [-0.1, -0.05) is 12.1 Å². The molecule has 8 heteroatoms. The minimum atomic E-state index is -3.76. The fraction of sp³-hybridized carbons (Fsp3) is 0.350. The summed E-state index contributed by atoms with van der Waals surface area (Å²) in [6.45, 7) is 6.14. The number of hydrogen-bond acceptors (Lipinski definition) is 4. The average molecular weight is 406 g/mol. The van der Waals surface area contributed by atoms with E-state index < -0.39 is 21.3 Å². The Hall–Kier alpha value is -2.61. The third-order valence-corrected chi connectivity index (χ3v) is 5.76. The highest BCUT2D eigenvalue weighted by Crippen LogP contribution is 2.38. The van der Waals surface area contributed by atoms with Crippen molar-refractivity contribution in [1.29, 1.82) is 0 Å². The molecule has 0 atom stereocenters. The number of fused-ring (bicyclic) bond motifs is 1. The molecule has 0 aromatic heterocycles. The number of nitrogens with one attached hydrogen (secondary N) is 1.